The van der Waals surface area contributed by atoms with Crippen LogP contribution < -0.4 is 5.32 Å². The van der Waals surface area contributed by atoms with Crippen molar-refractivity contribution in [3.05, 3.63) is 0 Å². The van der Waals surface area contributed by atoms with Crippen LogP contribution in [0.15, 0.2) is 0 Å². The first-order chi connectivity index (χ1) is 8.03. The van der Waals surface area contributed by atoms with Gasteiger partial charge in [-0.1, -0.05) is 26.7 Å². The maximum absolute atomic E-state index is 5.80. The van der Waals surface area contributed by atoms with E-state index in [1.54, 1.807) is 0 Å². The van der Waals surface area contributed by atoms with Crippen molar-refractivity contribution in [1.29, 1.82) is 0 Å². The molecule has 2 heteroatoms. The molecule has 0 amide bonds. The van der Waals surface area contributed by atoms with Gasteiger partial charge in [-0.2, -0.15) is 0 Å². The first-order valence-electron chi connectivity index (χ1n) is 7.36. The van der Waals surface area contributed by atoms with E-state index in [-0.39, 0.29) is 5.54 Å². The lowest BCUT2D eigenvalue weighted by atomic mass is 9.83. The summed E-state index contributed by atoms with van der Waals surface area (Å²) in [5, 5.41) is 3.53. The Hall–Kier alpha value is -0.0800. The Labute approximate surface area is 108 Å². The molecule has 2 nitrogen and oxygen atoms in total. The lowest BCUT2D eigenvalue weighted by Crippen LogP contribution is -2.40. The highest BCUT2D eigenvalue weighted by Gasteiger charge is 2.19. The number of hydrogen-bond donors (Lipinski definition) is 1. The van der Waals surface area contributed by atoms with Gasteiger partial charge in [-0.3, -0.25) is 0 Å². The molecule has 0 aliphatic heterocycles. The second-order valence-corrected chi connectivity index (χ2v) is 6.38. The van der Waals surface area contributed by atoms with Crippen LogP contribution in [0.3, 0.4) is 0 Å². The van der Waals surface area contributed by atoms with E-state index in [1.807, 2.05) is 0 Å². The number of ether oxygens (including phenoxy) is 1. The highest BCUT2D eigenvalue weighted by molar-refractivity contribution is 4.74. The van der Waals surface area contributed by atoms with Crippen molar-refractivity contribution < 1.29 is 4.74 Å². The Bertz CT molecular complexity index is 203. The molecule has 2 atom stereocenters. The van der Waals surface area contributed by atoms with Crippen LogP contribution in [0.25, 0.3) is 0 Å². The molecule has 17 heavy (non-hydrogen) atoms. The van der Waals surface area contributed by atoms with Gasteiger partial charge < -0.3 is 10.1 Å². The molecule has 1 N–H and O–H groups in total. The molecule has 0 heterocycles. The van der Waals surface area contributed by atoms with Crippen molar-refractivity contribution in [2.45, 2.75) is 65.3 Å². The fourth-order valence-electron chi connectivity index (χ4n) is 2.55. The van der Waals surface area contributed by atoms with Crippen LogP contribution >= 0.6 is 0 Å². The summed E-state index contributed by atoms with van der Waals surface area (Å²) >= 11 is 0. The summed E-state index contributed by atoms with van der Waals surface area (Å²) in [4.78, 5) is 0. The van der Waals surface area contributed by atoms with Crippen molar-refractivity contribution in [1.82, 2.24) is 5.32 Å². The Morgan fingerprint density at radius 1 is 1.29 bits per heavy atom. The SMILES string of the molecule is CCC(C)(C)NCCOCC1CCCC(C)C1. The number of hydrogen-bond acceptors (Lipinski definition) is 2. The molecule has 0 spiro atoms. The third-order valence-corrected chi connectivity index (χ3v) is 4.13. The lowest BCUT2D eigenvalue weighted by Gasteiger charge is -2.27. The van der Waals surface area contributed by atoms with Gasteiger partial charge in [0.2, 0.25) is 0 Å². The van der Waals surface area contributed by atoms with Gasteiger partial charge in [-0.15, -0.1) is 0 Å². The summed E-state index contributed by atoms with van der Waals surface area (Å²) < 4.78 is 5.80. The summed E-state index contributed by atoms with van der Waals surface area (Å²) in [5.41, 5.74) is 0.253. The fourth-order valence-corrected chi connectivity index (χ4v) is 2.55. The highest BCUT2D eigenvalue weighted by atomic mass is 16.5. The van der Waals surface area contributed by atoms with Gasteiger partial charge in [0.15, 0.2) is 0 Å². The molecule has 0 aromatic heterocycles. The smallest absolute Gasteiger partial charge is 0.0591 e. The highest BCUT2D eigenvalue weighted by Crippen LogP contribution is 2.28. The molecule has 2 unspecified atom stereocenters. The van der Waals surface area contributed by atoms with E-state index in [0.717, 1.165) is 38.0 Å². The molecule has 1 fully saturated rings. The standard InChI is InChI=1S/C15H31NO/c1-5-15(3,4)16-9-10-17-12-14-8-6-7-13(2)11-14/h13-14,16H,5-12H2,1-4H3. The van der Waals surface area contributed by atoms with Crippen molar-refractivity contribution in [3.63, 3.8) is 0 Å². The van der Waals surface area contributed by atoms with E-state index < -0.39 is 0 Å². The zero-order valence-corrected chi connectivity index (χ0v) is 12.2. The molecular formula is C15H31NO. The quantitative estimate of drug-likeness (QED) is 0.688. The topological polar surface area (TPSA) is 21.3 Å². The molecular weight excluding hydrogens is 210 g/mol. The van der Waals surface area contributed by atoms with Crippen LogP contribution in [0.4, 0.5) is 0 Å². The predicted octanol–water partition coefficient (Wildman–Crippen LogP) is 3.61. The zero-order chi connectivity index (χ0) is 12.7. The van der Waals surface area contributed by atoms with E-state index >= 15 is 0 Å². The van der Waals surface area contributed by atoms with Gasteiger partial charge in [0, 0.05) is 18.7 Å². The Morgan fingerprint density at radius 2 is 2.06 bits per heavy atom. The van der Waals surface area contributed by atoms with Gasteiger partial charge in [-0.05, 0) is 44.9 Å². The van der Waals surface area contributed by atoms with Crippen LogP contribution in [0.5, 0.6) is 0 Å². The minimum Gasteiger partial charge on any atom is -0.380 e. The molecule has 1 rings (SSSR count). The van der Waals surface area contributed by atoms with Crippen molar-refractivity contribution in [2.24, 2.45) is 11.8 Å². The first-order valence-corrected chi connectivity index (χ1v) is 7.36. The summed E-state index contributed by atoms with van der Waals surface area (Å²) in [6.45, 7) is 11.9. The average molecular weight is 241 g/mol. The molecule has 1 aliphatic rings. The summed E-state index contributed by atoms with van der Waals surface area (Å²) in [6, 6.07) is 0. The molecule has 0 radical (unpaired) electrons. The van der Waals surface area contributed by atoms with Crippen molar-refractivity contribution in [3.8, 4) is 0 Å². The fraction of sp³-hybridized carbons (Fsp3) is 1.00. The predicted molar refractivity (Wildman–Crippen MR) is 74.3 cm³/mol. The minimum atomic E-state index is 0.253. The zero-order valence-electron chi connectivity index (χ0n) is 12.2. The number of nitrogens with one attached hydrogen (secondary N) is 1. The molecule has 0 bridgehead atoms. The average Bonchev–Trinajstić information content (AvgIpc) is 2.29. The van der Waals surface area contributed by atoms with E-state index in [1.165, 1.54) is 25.7 Å². The molecule has 1 saturated carbocycles. The van der Waals surface area contributed by atoms with E-state index in [4.69, 9.17) is 4.74 Å². The summed E-state index contributed by atoms with van der Waals surface area (Å²) in [7, 11) is 0. The van der Waals surface area contributed by atoms with E-state index in [2.05, 4.69) is 33.0 Å². The third kappa shape index (κ3) is 6.42. The van der Waals surface area contributed by atoms with Crippen LogP contribution in [0.1, 0.15) is 59.8 Å². The van der Waals surface area contributed by atoms with Crippen molar-refractivity contribution in [2.75, 3.05) is 19.8 Å². The molecule has 0 aromatic rings. The second-order valence-electron chi connectivity index (χ2n) is 6.38. The third-order valence-electron chi connectivity index (χ3n) is 4.13. The maximum Gasteiger partial charge on any atom is 0.0591 e. The minimum absolute atomic E-state index is 0.253. The molecule has 0 saturated heterocycles. The van der Waals surface area contributed by atoms with Gasteiger partial charge in [0.05, 0.1) is 6.61 Å². The molecule has 102 valence electrons. The summed E-state index contributed by atoms with van der Waals surface area (Å²) in [6.07, 6.45) is 6.72. The van der Waals surface area contributed by atoms with Crippen molar-refractivity contribution >= 4 is 0 Å². The van der Waals surface area contributed by atoms with Crippen LogP contribution in [-0.2, 0) is 4.74 Å². The first kappa shape index (κ1) is 15.0. The lowest BCUT2D eigenvalue weighted by molar-refractivity contribution is 0.0748. The number of rotatable bonds is 7. The van der Waals surface area contributed by atoms with E-state index in [9.17, 15) is 0 Å². The monoisotopic (exact) mass is 241 g/mol. The Morgan fingerprint density at radius 3 is 2.71 bits per heavy atom. The second kappa shape index (κ2) is 7.38. The van der Waals surface area contributed by atoms with Gasteiger partial charge >= 0.3 is 0 Å². The van der Waals surface area contributed by atoms with Gasteiger partial charge in [0.1, 0.15) is 0 Å². The van der Waals surface area contributed by atoms with Crippen LogP contribution in [-0.4, -0.2) is 25.3 Å². The van der Waals surface area contributed by atoms with Crippen LogP contribution in [0, 0.1) is 11.8 Å². The largest absolute Gasteiger partial charge is 0.380 e. The Kier molecular flexibility index (Phi) is 6.50. The van der Waals surface area contributed by atoms with E-state index in [0.29, 0.717) is 0 Å². The normalized spacial score (nSPS) is 26.1. The maximum atomic E-state index is 5.80. The molecule has 1 aliphatic carbocycles. The van der Waals surface area contributed by atoms with Crippen LogP contribution in [0.2, 0.25) is 0 Å². The Balaban J connectivity index is 2.00. The van der Waals surface area contributed by atoms with Gasteiger partial charge in [-0.25, -0.2) is 0 Å². The van der Waals surface area contributed by atoms with Gasteiger partial charge in [0.25, 0.3) is 0 Å². The summed E-state index contributed by atoms with van der Waals surface area (Å²) in [5.74, 6) is 1.73. The molecule has 0 aromatic carbocycles.